The Morgan fingerprint density at radius 3 is 2.17 bits per heavy atom. The van der Waals surface area contributed by atoms with Gasteiger partial charge in [-0.15, -0.1) is 0 Å². The van der Waals surface area contributed by atoms with E-state index < -0.39 is 17.2 Å². The predicted octanol–water partition coefficient (Wildman–Crippen LogP) is 6.22. The lowest BCUT2D eigenvalue weighted by molar-refractivity contribution is -0.138. The molecule has 1 saturated carbocycles. The number of likely N-dealkylation sites (N-methyl/N-ethyl adjacent to an activating group) is 1. The largest absolute Gasteiger partial charge is 0.416 e. The van der Waals surface area contributed by atoms with E-state index in [0.29, 0.717) is 12.8 Å². The van der Waals surface area contributed by atoms with Gasteiger partial charge in [-0.1, -0.05) is 55.5 Å². The summed E-state index contributed by atoms with van der Waals surface area (Å²) in [7, 11) is 0. The molecule has 2 aromatic carbocycles. The van der Waals surface area contributed by atoms with Crippen LogP contribution in [0.5, 0.6) is 0 Å². The van der Waals surface area contributed by atoms with Crippen molar-refractivity contribution in [3.63, 3.8) is 0 Å². The van der Waals surface area contributed by atoms with Gasteiger partial charge in [-0.3, -0.25) is 0 Å². The van der Waals surface area contributed by atoms with E-state index >= 15 is 0 Å². The second kappa shape index (κ2) is 9.66. The lowest BCUT2D eigenvalue weighted by atomic mass is 9.72. The third-order valence-electron chi connectivity index (χ3n) is 6.24. The van der Waals surface area contributed by atoms with Crippen LogP contribution in [-0.2, 0) is 18.0 Å². The highest BCUT2D eigenvalue weighted by Crippen LogP contribution is 2.52. The third-order valence-corrected chi connectivity index (χ3v) is 6.24. The van der Waals surface area contributed by atoms with E-state index in [2.05, 4.69) is 30.0 Å². The maximum absolute atomic E-state index is 13.6. The molecule has 0 heterocycles. The van der Waals surface area contributed by atoms with Gasteiger partial charge in [-0.2, -0.15) is 18.4 Å². The van der Waals surface area contributed by atoms with Crippen molar-refractivity contribution in [1.82, 2.24) is 4.90 Å². The fourth-order valence-electron chi connectivity index (χ4n) is 4.40. The monoisotopic (exact) mass is 414 g/mol. The summed E-state index contributed by atoms with van der Waals surface area (Å²) in [5, 5.41) is 10.1. The Bertz CT molecular complexity index is 853. The predicted molar refractivity (Wildman–Crippen MR) is 113 cm³/mol. The first-order valence-electron chi connectivity index (χ1n) is 10.7. The van der Waals surface area contributed by atoms with Crippen molar-refractivity contribution in [2.45, 2.75) is 50.6 Å². The Labute approximate surface area is 177 Å². The van der Waals surface area contributed by atoms with Gasteiger partial charge in [-0.25, -0.2) is 0 Å². The van der Waals surface area contributed by atoms with E-state index in [0.717, 1.165) is 45.0 Å². The molecule has 0 aromatic heterocycles. The van der Waals surface area contributed by atoms with Crippen LogP contribution in [0.4, 0.5) is 13.2 Å². The Kier molecular flexibility index (Phi) is 7.20. The Hall–Kier alpha value is -2.32. The zero-order chi connectivity index (χ0) is 21.6. The molecule has 0 spiro atoms. The molecular formula is C25H29F3N2. The minimum atomic E-state index is -4.45. The van der Waals surface area contributed by atoms with E-state index in [1.54, 1.807) is 6.07 Å². The van der Waals surface area contributed by atoms with Crippen LogP contribution in [0.1, 0.15) is 49.3 Å². The van der Waals surface area contributed by atoms with Gasteiger partial charge in [0.15, 0.2) is 0 Å². The highest BCUT2D eigenvalue weighted by molar-refractivity contribution is 5.43. The lowest BCUT2D eigenvalue weighted by Crippen LogP contribution is -2.33. The van der Waals surface area contributed by atoms with Crippen molar-refractivity contribution in [3.8, 4) is 6.07 Å². The van der Waals surface area contributed by atoms with E-state index in [1.807, 2.05) is 18.2 Å². The minimum absolute atomic E-state index is 0.0189. The topological polar surface area (TPSA) is 27.0 Å². The lowest BCUT2D eigenvalue weighted by Gasteiger charge is -2.31. The first-order valence-corrected chi connectivity index (χ1v) is 10.7. The molecule has 3 rings (SSSR count). The number of nitriles is 1. The summed E-state index contributed by atoms with van der Waals surface area (Å²) in [6.45, 7) is 4.67. The summed E-state index contributed by atoms with van der Waals surface area (Å²) < 4.78 is 40.9. The van der Waals surface area contributed by atoms with E-state index in [9.17, 15) is 18.4 Å². The third kappa shape index (κ3) is 5.23. The number of halogens is 3. The zero-order valence-corrected chi connectivity index (χ0v) is 17.5. The van der Waals surface area contributed by atoms with Crippen molar-refractivity contribution in [1.29, 1.82) is 5.26 Å². The van der Waals surface area contributed by atoms with Gasteiger partial charge in [0.2, 0.25) is 0 Å². The molecule has 0 radical (unpaired) electrons. The molecule has 1 atom stereocenters. The first kappa shape index (κ1) is 22.4. The Balaban J connectivity index is 1.70. The second-order valence-electron chi connectivity index (χ2n) is 8.17. The fourth-order valence-corrected chi connectivity index (χ4v) is 4.40. The summed E-state index contributed by atoms with van der Waals surface area (Å²) >= 11 is 0. The molecule has 0 aliphatic heterocycles. The van der Waals surface area contributed by atoms with Crippen molar-refractivity contribution in [3.05, 3.63) is 71.3 Å². The van der Waals surface area contributed by atoms with Crippen molar-refractivity contribution < 1.29 is 13.2 Å². The van der Waals surface area contributed by atoms with Crippen LogP contribution in [0.15, 0.2) is 54.6 Å². The average Bonchev–Trinajstić information content (AvgIpc) is 3.60. The zero-order valence-electron chi connectivity index (χ0n) is 17.5. The molecule has 1 fully saturated rings. The Morgan fingerprint density at radius 1 is 0.967 bits per heavy atom. The molecule has 0 amide bonds. The molecule has 2 aromatic rings. The van der Waals surface area contributed by atoms with Gasteiger partial charge in [0.1, 0.15) is 0 Å². The van der Waals surface area contributed by atoms with Crippen molar-refractivity contribution >= 4 is 0 Å². The second-order valence-corrected chi connectivity index (χ2v) is 8.17. The average molecular weight is 415 g/mol. The van der Waals surface area contributed by atoms with Gasteiger partial charge < -0.3 is 4.90 Å². The van der Waals surface area contributed by atoms with Crippen molar-refractivity contribution in [2.75, 3.05) is 19.6 Å². The summed E-state index contributed by atoms with van der Waals surface area (Å²) in [6, 6.07) is 18.3. The number of benzene rings is 2. The number of hydrogen-bond donors (Lipinski definition) is 0. The maximum atomic E-state index is 13.6. The van der Waals surface area contributed by atoms with Crippen LogP contribution in [0.2, 0.25) is 0 Å². The normalized spacial score (nSPS) is 16.3. The van der Waals surface area contributed by atoms with Crippen molar-refractivity contribution in [2.24, 2.45) is 5.92 Å². The number of nitrogens with zero attached hydrogens (tertiary/aromatic N) is 2. The van der Waals surface area contributed by atoms with E-state index in [-0.39, 0.29) is 11.5 Å². The van der Waals surface area contributed by atoms with E-state index in [4.69, 9.17) is 0 Å². The molecule has 1 aliphatic rings. The molecule has 0 bridgehead atoms. The highest BCUT2D eigenvalue weighted by Gasteiger charge is 2.50. The van der Waals surface area contributed by atoms with E-state index in [1.165, 1.54) is 17.7 Å². The molecule has 1 aliphatic carbocycles. The maximum Gasteiger partial charge on any atom is 0.416 e. The quantitative estimate of drug-likeness (QED) is 0.461. The SMILES string of the molecule is CCN(CCCC(C#N)(c1ccccc1C(F)(F)F)C1CC1)CCc1ccccc1. The van der Waals surface area contributed by atoms with Crippen LogP contribution in [0.3, 0.4) is 0 Å². The molecular weight excluding hydrogens is 385 g/mol. The van der Waals surface area contributed by atoms with Crippen LogP contribution in [0.25, 0.3) is 0 Å². The van der Waals surface area contributed by atoms with Crippen LogP contribution in [0, 0.1) is 17.2 Å². The van der Waals surface area contributed by atoms with Crippen LogP contribution >= 0.6 is 0 Å². The summed E-state index contributed by atoms with van der Waals surface area (Å²) in [5.41, 5.74) is -0.269. The van der Waals surface area contributed by atoms with Gasteiger partial charge in [0.25, 0.3) is 0 Å². The molecule has 1 unspecified atom stereocenters. The molecule has 0 saturated heterocycles. The van der Waals surface area contributed by atoms with Gasteiger partial charge in [0, 0.05) is 6.54 Å². The van der Waals surface area contributed by atoms with Gasteiger partial charge in [-0.05, 0) is 68.3 Å². The summed E-state index contributed by atoms with van der Waals surface area (Å²) in [4.78, 5) is 2.32. The standard InChI is InChI=1S/C25H29F3N2/c1-2-30(18-15-20-9-4-3-5-10-20)17-8-16-24(19-29,21-13-14-21)22-11-6-7-12-23(22)25(26,27)28/h3-7,9-12,21H,2,8,13-18H2,1H3. The Morgan fingerprint density at radius 2 is 1.60 bits per heavy atom. The molecule has 30 heavy (non-hydrogen) atoms. The first-order chi connectivity index (χ1) is 14.4. The highest BCUT2D eigenvalue weighted by atomic mass is 19.4. The fraction of sp³-hybridized carbons (Fsp3) is 0.480. The number of rotatable bonds is 10. The number of alkyl halides is 3. The smallest absolute Gasteiger partial charge is 0.303 e. The van der Waals surface area contributed by atoms with Crippen LogP contribution in [-0.4, -0.2) is 24.5 Å². The molecule has 0 N–H and O–H groups in total. The molecule has 2 nitrogen and oxygen atoms in total. The minimum Gasteiger partial charge on any atom is -0.303 e. The number of hydrogen-bond acceptors (Lipinski definition) is 2. The summed E-state index contributed by atoms with van der Waals surface area (Å²) in [6.07, 6.45) is -0.686. The molecule has 5 heteroatoms. The molecule has 160 valence electrons. The van der Waals surface area contributed by atoms with Gasteiger partial charge in [0.05, 0.1) is 17.0 Å². The summed E-state index contributed by atoms with van der Waals surface area (Å²) in [5.74, 6) is 0.0189. The van der Waals surface area contributed by atoms with Gasteiger partial charge >= 0.3 is 6.18 Å². The van der Waals surface area contributed by atoms with Crippen LogP contribution < -0.4 is 0 Å².